The lowest BCUT2D eigenvalue weighted by molar-refractivity contribution is -0.108. The molecule has 214 valence electrons. The fourth-order valence-corrected chi connectivity index (χ4v) is 6.92. The second-order valence-corrected chi connectivity index (χ2v) is 11.9. The van der Waals surface area contributed by atoms with Crippen LogP contribution in [-0.4, -0.2) is 102 Å². The lowest BCUT2D eigenvalue weighted by Gasteiger charge is -2.42. The summed E-state index contributed by atoms with van der Waals surface area (Å²) >= 11 is 0. The van der Waals surface area contributed by atoms with Gasteiger partial charge in [-0.3, -0.25) is 16.0 Å². The molecule has 2 aliphatic carbocycles. The second kappa shape index (κ2) is 11.4. The second-order valence-electron chi connectivity index (χ2n) is 11.9. The van der Waals surface area contributed by atoms with Crippen molar-refractivity contribution in [3.05, 3.63) is 35.2 Å². The smallest absolute Gasteiger partial charge is 0.142 e. The minimum absolute atomic E-state index is 0.0104. The summed E-state index contributed by atoms with van der Waals surface area (Å²) in [5.74, 6) is 0.688. The molecule has 4 heterocycles. The number of hydrogen-bond acceptors (Lipinski definition) is 12. The molecule has 0 aromatic rings. The minimum Gasteiger partial charge on any atom is -0.387 e. The number of ether oxygens (including phenoxy) is 1. The molecule has 5 fully saturated rings. The Morgan fingerprint density at radius 1 is 1.18 bits per heavy atom. The van der Waals surface area contributed by atoms with Crippen molar-refractivity contribution in [1.82, 2.24) is 36.4 Å². The molecule has 6 rings (SSSR count). The number of likely N-dealkylation sites (N-methyl/N-ethyl adjacent to an activating group) is 1. The van der Waals surface area contributed by atoms with Gasteiger partial charge < -0.3 is 36.2 Å². The topological polar surface area (TPSA) is 166 Å². The number of nitrogens with one attached hydrogen (secondary N) is 5. The van der Waals surface area contributed by atoms with Crippen molar-refractivity contribution in [2.75, 3.05) is 26.9 Å². The van der Waals surface area contributed by atoms with Gasteiger partial charge in [-0.1, -0.05) is 12.2 Å². The molecule has 1 saturated carbocycles. The Labute approximate surface area is 230 Å². The van der Waals surface area contributed by atoms with Crippen LogP contribution in [-0.2, 0) is 4.74 Å². The fourth-order valence-electron chi connectivity index (χ4n) is 6.92. The van der Waals surface area contributed by atoms with E-state index in [1.54, 1.807) is 0 Å². The van der Waals surface area contributed by atoms with Gasteiger partial charge in [-0.25, -0.2) is 4.90 Å². The Morgan fingerprint density at radius 2 is 2.00 bits per heavy atom. The van der Waals surface area contributed by atoms with Crippen LogP contribution >= 0.6 is 0 Å². The van der Waals surface area contributed by atoms with E-state index in [2.05, 4.69) is 56.8 Å². The molecule has 39 heavy (non-hydrogen) atoms. The van der Waals surface area contributed by atoms with E-state index in [1.165, 1.54) is 11.3 Å². The van der Waals surface area contributed by atoms with Gasteiger partial charge in [0.15, 0.2) is 0 Å². The molecule has 4 aliphatic heterocycles. The van der Waals surface area contributed by atoms with Crippen LogP contribution in [0.5, 0.6) is 0 Å². The number of aliphatic hydroxyl groups is 2. The third kappa shape index (κ3) is 5.48. The van der Waals surface area contributed by atoms with Crippen LogP contribution in [0.25, 0.3) is 0 Å². The largest absolute Gasteiger partial charge is 0.387 e. The van der Waals surface area contributed by atoms with Crippen molar-refractivity contribution in [3.63, 3.8) is 0 Å². The quantitative estimate of drug-likeness (QED) is 0.179. The van der Waals surface area contributed by atoms with Crippen LogP contribution in [0.4, 0.5) is 0 Å². The van der Waals surface area contributed by atoms with Gasteiger partial charge in [-0.2, -0.15) is 5.26 Å². The maximum absolute atomic E-state index is 10.8. The van der Waals surface area contributed by atoms with E-state index in [1.807, 2.05) is 11.0 Å². The van der Waals surface area contributed by atoms with Crippen LogP contribution in [0, 0.1) is 17.2 Å². The summed E-state index contributed by atoms with van der Waals surface area (Å²) in [5, 5.41) is 47.6. The summed E-state index contributed by atoms with van der Waals surface area (Å²) in [6.07, 6.45) is 9.28. The molecule has 0 aromatic carbocycles. The molecule has 0 aromatic heterocycles. The van der Waals surface area contributed by atoms with Crippen LogP contribution < -0.4 is 32.3 Å². The summed E-state index contributed by atoms with van der Waals surface area (Å²) in [4.78, 5) is 4.32. The zero-order valence-electron chi connectivity index (χ0n) is 22.6. The highest BCUT2D eigenvalue weighted by Gasteiger charge is 2.52. The number of fused-ring (bicyclic) bond motifs is 2. The highest BCUT2D eigenvalue weighted by molar-refractivity contribution is 5.44. The monoisotopic (exact) mass is 541 g/mol. The molecule has 4 unspecified atom stereocenters. The summed E-state index contributed by atoms with van der Waals surface area (Å²) in [5.41, 5.74) is 9.69. The van der Waals surface area contributed by atoms with E-state index in [9.17, 15) is 10.2 Å². The fraction of sp³-hybridized carbons (Fsp3) is 0.741. The normalized spacial score (nSPS) is 42.7. The number of nitriles is 1. The van der Waals surface area contributed by atoms with Crippen molar-refractivity contribution < 1.29 is 14.9 Å². The Morgan fingerprint density at radius 3 is 2.82 bits per heavy atom. The number of allylic oxidation sites excluding steroid dienone is 4. The van der Waals surface area contributed by atoms with Crippen molar-refractivity contribution >= 4 is 0 Å². The first kappa shape index (κ1) is 27.1. The molecule has 12 nitrogen and oxygen atoms in total. The lowest BCUT2D eigenvalue weighted by Crippen LogP contribution is -2.68. The molecule has 0 spiro atoms. The van der Waals surface area contributed by atoms with Gasteiger partial charge in [-0.05, 0) is 56.7 Å². The van der Waals surface area contributed by atoms with Gasteiger partial charge in [0.1, 0.15) is 24.5 Å². The predicted molar refractivity (Wildman–Crippen MR) is 145 cm³/mol. The number of nitrogens with zero attached hydrogens (tertiary/aromatic N) is 3. The highest BCUT2D eigenvalue weighted by Crippen LogP contribution is 2.37. The molecule has 12 heteroatoms. The molecule has 4 saturated heterocycles. The van der Waals surface area contributed by atoms with E-state index in [0.717, 1.165) is 37.8 Å². The molecule has 0 amide bonds. The number of nitrogens with two attached hydrogens (primary N) is 1. The van der Waals surface area contributed by atoms with E-state index >= 15 is 0 Å². The van der Waals surface area contributed by atoms with Crippen LogP contribution in [0.3, 0.4) is 0 Å². The van der Waals surface area contributed by atoms with Gasteiger partial charge >= 0.3 is 0 Å². The van der Waals surface area contributed by atoms with Crippen LogP contribution in [0.1, 0.15) is 38.5 Å². The van der Waals surface area contributed by atoms with Crippen molar-refractivity contribution in [3.8, 4) is 6.07 Å². The molecule has 8 atom stereocenters. The molecule has 0 radical (unpaired) electrons. The van der Waals surface area contributed by atoms with Gasteiger partial charge in [0.05, 0.1) is 55.1 Å². The van der Waals surface area contributed by atoms with Crippen LogP contribution in [0.2, 0.25) is 0 Å². The van der Waals surface area contributed by atoms with Gasteiger partial charge in [0.2, 0.25) is 0 Å². The molecular weight excluding hydrogens is 498 g/mol. The van der Waals surface area contributed by atoms with Gasteiger partial charge in [-0.15, -0.1) is 0 Å². The number of aliphatic hydroxyl groups excluding tert-OH is 2. The first-order valence-electron chi connectivity index (χ1n) is 14.4. The third-order valence-electron chi connectivity index (χ3n) is 9.35. The van der Waals surface area contributed by atoms with E-state index < -0.39 is 24.5 Å². The average molecular weight is 542 g/mol. The summed E-state index contributed by atoms with van der Waals surface area (Å²) < 4.78 is 6.26. The van der Waals surface area contributed by atoms with Crippen molar-refractivity contribution in [2.24, 2.45) is 11.7 Å². The summed E-state index contributed by atoms with van der Waals surface area (Å²) in [6, 6.07) is 2.66. The van der Waals surface area contributed by atoms with E-state index in [4.69, 9.17) is 15.7 Å². The van der Waals surface area contributed by atoms with Gasteiger partial charge in [0.25, 0.3) is 0 Å². The predicted octanol–water partition coefficient (Wildman–Crippen LogP) is -1.55. The number of hydrogen-bond donors (Lipinski definition) is 8. The van der Waals surface area contributed by atoms with Crippen molar-refractivity contribution in [2.45, 2.75) is 93.6 Å². The Balaban J connectivity index is 0.935. The highest BCUT2D eigenvalue weighted by atomic mass is 16.6. The molecular formula is C27H43N9O3. The number of rotatable bonds is 8. The molecule has 0 bridgehead atoms. The Kier molecular flexibility index (Phi) is 7.96. The van der Waals surface area contributed by atoms with E-state index in [-0.39, 0.29) is 24.5 Å². The zero-order chi connectivity index (χ0) is 27.1. The zero-order valence-corrected chi connectivity index (χ0v) is 22.6. The summed E-state index contributed by atoms with van der Waals surface area (Å²) in [6.45, 7) is 1.72. The maximum Gasteiger partial charge on any atom is 0.142 e. The third-order valence-corrected chi connectivity index (χ3v) is 9.35. The summed E-state index contributed by atoms with van der Waals surface area (Å²) in [7, 11) is 2.10. The van der Waals surface area contributed by atoms with Crippen LogP contribution in [0.15, 0.2) is 35.2 Å². The Bertz CT molecular complexity index is 1040. The minimum atomic E-state index is -0.968. The standard InChI is InChI=1S/C27H43N9O3/c1-35(12-20-23(37)24(38)27(39-20)36-14-32-22-25(29)30-13-31-26(22)36)17-9-16(10-17)5-7-21-33-18-6-4-15(3-2-8-28)11-19(18)34-21/h3,6,11,16-17,20-27,30-34,37-38H,2,4-5,7,9-10,12-14,29H2,1H3/b15-3+/t16?,17?,20-,21?,22?,23-,24-,25?,26?,27-/m1/s1. The lowest BCUT2D eigenvalue weighted by atomic mass is 9.76. The molecule has 6 aliphatic rings. The first-order valence-corrected chi connectivity index (χ1v) is 14.4. The first-order chi connectivity index (χ1) is 18.9. The van der Waals surface area contributed by atoms with E-state index in [0.29, 0.717) is 38.3 Å². The Hall–Kier alpha value is -2.05. The van der Waals surface area contributed by atoms with Gasteiger partial charge in [0, 0.05) is 19.3 Å². The van der Waals surface area contributed by atoms with Crippen molar-refractivity contribution in [1.29, 1.82) is 5.26 Å². The SMILES string of the molecule is CN(C[C@H]1O[C@@H](N2CNC3C(N)NCNC32)[C@H](O)[C@@H]1O)C1CC(CCC2NC3=CC/C(=C\CC#N)C=C3N2)C1. The maximum atomic E-state index is 10.8. The average Bonchev–Trinajstić information content (AvgIpc) is 3.59. The molecule has 9 N–H and O–H groups in total.